The molecule has 8 nitrogen and oxygen atoms in total. The maximum absolute atomic E-state index is 14.8. The minimum absolute atomic E-state index is 0.0560. The van der Waals surface area contributed by atoms with Gasteiger partial charge in [0.1, 0.15) is 24.2 Å². The molecule has 0 aliphatic carbocycles. The Morgan fingerprint density at radius 1 is 0.875 bits per heavy atom. The van der Waals surface area contributed by atoms with E-state index in [1.165, 1.54) is 49.3 Å². The van der Waals surface area contributed by atoms with Gasteiger partial charge in [-0.2, -0.15) is 12.7 Å². The fourth-order valence-electron chi connectivity index (χ4n) is 4.07. The van der Waals surface area contributed by atoms with Crippen LogP contribution in [0.3, 0.4) is 0 Å². The summed E-state index contributed by atoms with van der Waals surface area (Å²) >= 11 is 0. The minimum atomic E-state index is -4.22. The molecule has 214 valence electrons. The van der Waals surface area contributed by atoms with Crippen LogP contribution in [0, 0.1) is 11.6 Å². The van der Waals surface area contributed by atoms with Gasteiger partial charge in [-0.15, -0.1) is 0 Å². The molecule has 2 amide bonds. The molecule has 0 unspecified atom stereocenters. The van der Waals surface area contributed by atoms with Crippen molar-refractivity contribution in [2.75, 3.05) is 24.9 Å². The van der Waals surface area contributed by atoms with E-state index in [0.29, 0.717) is 0 Å². The Morgan fingerprint density at radius 2 is 1.48 bits per heavy atom. The molecule has 3 rings (SSSR count). The number of carbonyl (C=O) groups is 2. The second-order valence-corrected chi connectivity index (χ2v) is 11.8. The average molecular weight is 573 g/mol. The van der Waals surface area contributed by atoms with Crippen molar-refractivity contribution < 1.29 is 26.8 Å². The molecule has 3 aromatic carbocycles. The van der Waals surface area contributed by atoms with Crippen LogP contribution in [0.15, 0.2) is 78.9 Å². The number of hydrogen-bond donors (Lipinski definition) is 1. The predicted molar refractivity (Wildman–Crippen MR) is 151 cm³/mol. The number of nitrogens with zero attached hydrogens (tertiary/aromatic N) is 3. The van der Waals surface area contributed by atoms with Crippen molar-refractivity contribution in [2.24, 2.45) is 0 Å². The summed E-state index contributed by atoms with van der Waals surface area (Å²) in [5.74, 6) is -2.35. The summed E-state index contributed by atoms with van der Waals surface area (Å²) in [5.41, 5.74) is 0.977. The molecule has 0 heterocycles. The predicted octanol–water partition coefficient (Wildman–Crippen LogP) is 3.74. The van der Waals surface area contributed by atoms with E-state index in [9.17, 15) is 26.8 Å². The van der Waals surface area contributed by atoms with Gasteiger partial charge in [0, 0.05) is 38.7 Å². The van der Waals surface area contributed by atoms with E-state index in [-0.39, 0.29) is 30.3 Å². The Kier molecular flexibility index (Phi) is 10.4. The zero-order valence-corrected chi connectivity index (χ0v) is 23.7. The van der Waals surface area contributed by atoms with Crippen molar-refractivity contribution in [3.63, 3.8) is 0 Å². The van der Waals surface area contributed by atoms with Crippen LogP contribution in [-0.2, 0) is 32.8 Å². The maximum atomic E-state index is 14.8. The second kappa shape index (κ2) is 13.5. The Bertz CT molecular complexity index is 1400. The fraction of sp³-hybridized carbons (Fsp3) is 0.310. The maximum Gasteiger partial charge on any atom is 0.304 e. The largest absolute Gasteiger partial charge is 0.352 e. The van der Waals surface area contributed by atoms with Gasteiger partial charge in [0.15, 0.2) is 0 Å². The van der Waals surface area contributed by atoms with Gasteiger partial charge >= 0.3 is 10.2 Å². The van der Waals surface area contributed by atoms with Crippen LogP contribution < -0.4 is 9.62 Å². The van der Waals surface area contributed by atoms with E-state index >= 15 is 0 Å². The van der Waals surface area contributed by atoms with E-state index < -0.39 is 46.2 Å². The number of nitrogens with one attached hydrogen (secondary N) is 1. The van der Waals surface area contributed by atoms with Crippen molar-refractivity contribution in [1.82, 2.24) is 14.5 Å². The van der Waals surface area contributed by atoms with Crippen LogP contribution in [0.5, 0.6) is 0 Å². The molecule has 0 saturated carbocycles. The zero-order valence-electron chi connectivity index (χ0n) is 22.9. The lowest BCUT2D eigenvalue weighted by Crippen LogP contribution is -2.55. The summed E-state index contributed by atoms with van der Waals surface area (Å²) in [6, 6.07) is 18.3. The first-order valence-corrected chi connectivity index (χ1v) is 14.1. The number of halogens is 2. The van der Waals surface area contributed by atoms with Gasteiger partial charge in [-0.3, -0.25) is 9.59 Å². The van der Waals surface area contributed by atoms with Crippen molar-refractivity contribution >= 4 is 27.7 Å². The first kappa shape index (κ1) is 30.7. The Morgan fingerprint density at radius 3 is 2.05 bits per heavy atom. The molecular formula is C29H34F2N4O4S. The van der Waals surface area contributed by atoms with E-state index in [4.69, 9.17) is 0 Å². The Hall–Kier alpha value is -3.83. The third-order valence-electron chi connectivity index (χ3n) is 6.13. The standard InChI is InChI=1S/C29H34F2N4O4S/c1-21(2)32-29(37)27(18-22-10-6-5-7-11-22)34(19-23-12-8-9-13-26(23)31)28(36)20-35(40(38,39)33(3)4)25-16-14-24(30)15-17-25/h5-17,21,27H,18-20H2,1-4H3,(H,32,37)/t27-/m1/s1. The molecule has 0 bridgehead atoms. The highest BCUT2D eigenvalue weighted by Gasteiger charge is 2.35. The highest BCUT2D eigenvalue weighted by atomic mass is 32.2. The van der Waals surface area contributed by atoms with Gasteiger partial charge in [0.2, 0.25) is 11.8 Å². The lowest BCUT2D eigenvalue weighted by atomic mass is 10.0. The van der Waals surface area contributed by atoms with Crippen LogP contribution in [0.2, 0.25) is 0 Å². The molecule has 0 aliphatic rings. The van der Waals surface area contributed by atoms with Crippen molar-refractivity contribution in [3.8, 4) is 0 Å². The molecule has 0 radical (unpaired) electrons. The van der Waals surface area contributed by atoms with E-state index in [2.05, 4.69) is 5.32 Å². The summed E-state index contributed by atoms with van der Waals surface area (Å²) in [5, 5.41) is 2.83. The van der Waals surface area contributed by atoms with Crippen LogP contribution in [0.4, 0.5) is 14.5 Å². The quantitative estimate of drug-likeness (QED) is 0.358. The molecular weight excluding hydrogens is 538 g/mol. The summed E-state index contributed by atoms with van der Waals surface area (Å²) < 4.78 is 56.8. The topological polar surface area (TPSA) is 90.0 Å². The number of anilines is 1. The van der Waals surface area contributed by atoms with E-state index in [1.54, 1.807) is 32.0 Å². The van der Waals surface area contributed by atoms with Crippen LogP contribution >= 0.6 is 0 Å². The molecule has 1 N–H and O–H groups in total. The van der Waals surface area contributed by atoms with Crippen LogP contribution in [-0.4, -0.2) is 62.2 Å². The average Bonchev–Trinajstić information content (AvgIpc) is 2.90. The molecule has 0 aromatic heterocycles. The third-order valence-corrected chi connectivity index (χ3v) is 7.95. The Balaban J connectivity index is 2.10. The van der Waals surface area contributed by atoms with Gasteiger partial charge in [-0.25, -0.2) is 13.1 Å². The molecule has 0 fully saturated rings. The molecule has 0 spiro atoms. The highest BCUT2D eigenvalue weighted by molar-refractivity contribution is 7.90. The summed E-state index contributed by atoms with van der Waals surface area (Å²) in [7, 11) is -1.60. The third kappa shape index (κ3) is 7.86. The second-order valence-electron chi connectivity index (χ2n) is 9.76. The molecule has 40 heavy (non-hydrogen) atoms. The van der Waals surface area contributed by atoms with Crippen molar-refractivity contribution in [3.05, 3.63) is 102 Å². The van der Waals surface area contributed by atoms with Crippen molar-refractivity contribution in [1.29, 1.82) is 0 Å². The fourth-order valence-corrected chi connectivity index (χ4v) is 5.12. The van der Waals surface area contributed by atoms with Gasteiger partial charge < -0.3 is 10.2 Å². The number of benzene rings is 3. The molecule has 1 atom stereocenters. The van der Waals surface area contributed by atoms with Gasteiger partial charge in [0.25, 0.3) is 0 Å². The van der Waals surface area contributed by atoms with Crippen molar-refractivity contribution in [2.45, 2.75) is 38.9 Å². The SMILES string of the molecule is CC(C)NC(=O)[C@@H](Cc1ccccc1)N(Cc1ccccc1F)C(=O)CN(c1ccc(F)cc1)S(=O)(=O)N(C)C. The monoisotopic (exact) mass is 572 g/mol. The Labute approximate surface area is 234 Å². The summed E-state index contributed by atoms with van der Waals surface area (Å²) in [6.45, 7) is 2.56. The molecule has 3 aromatic rings. The summed E-state index contributed by atoms with van der Waals surface area (Å²) in [6.07, 6.45) is 0.108. The lowest BCUT2D eigenvalue weighted by Gasteiger charge is -2.34. The number of hydrogen-bond acceptors (Lipinski definition) is 4. The number of carbonyl (C=O) groups excluding carboxylic acids is 2. The molecule has 0 aliphatic heterocycles. The van der Waals surface area contributed by atoms with Gasteiger partial charge in [-0.05, 0) is 49.7 Å². The summed E-state index contributed by atoms with van der Waals surface area (Å²) in [4.78, 5) is 28.7. The smallest absolute Gasteiger partial charge is 0.304 e. The number of rotatable bonds is 12. The minimum Gasteiger partial charge on any atom is -0.352 e. The first-order valence-electron chi connectivity index (χ1n) is 12.7. The normalized spacial score (nSPS) is 12.3. The molecule has 0 saturated heterocycles. The van der Waals surface area contributed by atoms with E-state index in [0.717, 1.165) is 26.3 Å². The first-order chi connectivity index (χ1) is 18.9. The molecule has 11 heteroatoms. The van der Waals surface area contributed by atoms with Crippen LogP contribution in [0.1, 0.15) is 25.0 Å². The highest BCUT2D eigenvalue weighted by Crippen LogP contribution is 2.22. The lowest BCUT2D eigenvalue weighted by molar-refractivity contribution is -0.140. The van der Waals surface area contributed by atoms with E-state index in [1.807, 2.05) is 18.2 Å². The van der Waals surface area contributed by atoms with Gasteiger partial charge in [-0.1, -0.05) is 48.5 Å². The number of amides is 2. The van der Waals surface area contributed by atoms with Crippen LogP contribution in [0.25, 0.3) is 0 Å². The zero-order chi connectivity index (χ0) is 29.4. The van der Waals surface area contributed by atoms with Gasteiger partial charge in [0.05, 0.1) is 5.69 Å².